The van der Waals surface area contributed by atoms with Gasteiger partial charge in [-0.3, -0.25) is 0 Å². The summed E-state index contributed by atoms with van der Waals surface area (Å²) in [6, 6.07) is 6.68. The number of alkyl halides is 3. The first-order valence-corrected chi connectivity index (χ1v) is 6.95. The zero-order valence-corrected chi connectivity index (χ0v) is 13.0. The molecule has 0 saturated heterocycles. The fourth-order valence-electron chi connectivity index (χ4n) is 2.07. The molecule has 0 N–H and O–H groups in total. The van der Waals surface area contributed by atoms with Gasteiger partial charge in [0.25, 0.3) is 5.60 Å². The molecule has 1 aromatic rings. The van der Waals surface area contributed by atoms with Gasteiger partial charge in [-0.15, -0.1) is 0 Å². The van der Waals surface area contributed by atoms with Crippen molar-refractivity contribution in [1.29, 1.82) is 0 Å². The summed E-state index contributed by atoms with van der Waals surface area (Å²) >= 11 is 0. The highest BCUT2D eigenvalue weighted by Gasteiger charge is 2.64. The number of hydrogen-bond donors (Lipinski definition) is 0. The summed E-state index contributed by atoms with van der Waals surface area (Å²) in [5.74, 6) is -1.52. The van der Waals surface area contributed by atoms with Crippen molar-refractivity contribution in [3.05, 3.63) is 60.7 Å². The number of rotatable bonds is 7. The zero-order chi connectivity index (χ0) is 17.5. The molecule has 0 heterocycles. The number of methoxy groups -OCH3 is 1. The third-order valence-corrected chi connectivity index (χ3v) is 3.30. The highest BCUT2D eigenvalue weighted by molar-refractivity contribution is 5.83. The van der Waals surface area contributed by atoms with E-state index in [0.717, 1.165) is 7.11 Å². The molecular formula is C17H19F3O3. The van der Waals surface area contributed by atoms with Crippen molar-refractivity contribution in [3.8, 4) is 0 Å². The van der Waals surface area contributed by atoms with Gasteiger partial charge in [-0.25, -0.2) is 4.79 Å². The molecule has 0 fully saturated rings. The van der Waals surface area contributed by atoms with Crippen molar-refractivity contribution in [2.24, 2.45) is 0 Å². The van der Waals surface area contributed by atoms with E-state index >= 15 is 0 Å². The lowest BCUT2D eigenvalue weighted by atomic mass is 9.92. The number of carbonyl (C=O) groups excluding carboxylic acids is 1. The number of esters is 1. The first kappa shape index (κ1) is 19.0. The molecule has 0 bridgehead atoms. The predicted molar refractivity (Wildman–Crippen MR) is 80.7 cm³/mol. The van der Waals surface area contributed by atoms with Crippen LogP contribution in [0.5, 0.6) is 0 Å². The number of allylic oxidation sites excluding steroid dienone is 1. The summed E-state index contributed by atoms with van der Waals surface area (Å²) in [7, 11) is 0.830. The van der Waals surface area contributed by atoms with Gasteiger partial charge in [0.05, 0.1) is 0 Å². The summed E-state index contributed by atoms with van der Waals surface area (Å²) in [4.78, 5) is 12.3. The summed E-state index contributed by atoms with van der Waals surface area (Å²) in [5, 5.41) is 0. The molecule has 126 valence electrons. The predicted octanol–water partition coefficient (Wildman–Crippen LogP) is 4.15. The largest absolute Gasteiger partial charge is 0.455 e. The van der Waals surface area contributed by atoms with E-state index in [1.165, 1.54) is 30.3 Å². The van der Waals surface area contributed by atoms with Crippen LogP contribution in [0.15, 0.2) is 55.1 Å². The maximum absolute atomic E-state index is 13.7. The molecule has 23 heavy (non-hydrogen) atoms. The van der Waals surface area contributed by atoms with Gasteiger partial charge < -0.3 is 9.47 Å². The Hall–Kier alpha value is -2.08. The quantitative estimate of drug-likeness (QED) is 0.557. The topological polar surface area (TPSA) is 35.5 Å². The Labute approximate surface area is 133 Å². The maximum atomic E-state index is 13.7. The van der Waals surface area contributed by atoms with Crippen LogP contribution in [0.2, 0.25) is 0 Å². The monoisotopic (exact) mass is 328 g/mol. The molecule has 1 aromatic carbocycles. The molecule has 0 aliphatic heterocycles. The Kier molecular flexibility index (Phi) is 6.57. The van der Waals surface area contributed by atoms with E-state index in [0.29, 0.717) is 0 Å². The van der Waals surface area contributed by atoms with Gasteiger partial charge in [-0.1, -0.05) is 55.1 Å². The van der Waals surface area contributed by atoms with Crippen molar-refractivity contribution in [1.82, 2.24) is 0 Å². The van der Waals surface area contributed by atoms with Crippen molar-refractivity contribution in [3.63, 3.8) is 0 Å². The molecule has 0 saturated carbocycles. The van der Waals surface area contributed by atoms with Crippen LogP contribution in [0.1, 0.15) is 18.9 Å². The molecule has 3 nitrogen and oxygen atoms in total. The lowest BCUT2D eigenvalue weighted by Crippen LogP contribution is -2.52. The molecule has 0 spiro atoms. The average molecular weight is 328 g/mol. The van der Waals surface area contributed by atoms with E-state index in [1.807, 2.05) is 0 Å². The molecule has 0 aliphatic carbocycles. The van der Waals surface area contributed by atoms with Crippen LogP contribution >= 0.6 is 0 Å². The fraction of sp³-hybridized carbons (Fsp3) is 0.353. The first-order chi connectivity index (χ1) is 10.8. The SMILES string of the molecule is C=C[C@@H](C/C=C\C)OC(=O)[C@](OC)(c1ccccc1)C(F)(F)F. The Morgan fingerprint density at radius 1 is 1.30 bits per heavy atom. The van der Waals surface area contributed by atoms with Gasteiger partial charge in [0.15, 0.2) is 0 Å². The second kappa shape index (κ2) is 7.97. The molecule has 6 heteroatoms. The van der Waals surface area contributed by atoms with Crippen LogP contribution < -0.4 is 0 Å². The zero-order valence-electron chi connectivity index (χ0n) is 13.0. The van der Waals surface area contributed by atoms with E-state index in [4.69, 9.17) is 4.74 Å². The number of benzene rings is 1. The van der Waals surface area contributed by atoms with Crippen LogP contribution in [0.4, 0.5) is 13.2 Å². The van der Waals surface area contributed by atoms with Gasteiger partial charge in [-0.05, 0) is 6.92 Å². The van der Waals surface area contributed by atoms with E-state index < -0.39 is 23.9 Å². The highest BCUT2D eigenvalue weighted by Crippen LogP contribution is 2.43. The van der Waals surface area contributed by atoms with E-state index in [-0.39, 0.29) is 12.0 Å². The van der Waals surface area contributed by atoms with Crippen LogP contribution in [-0.4, -0.2) is 25.4 Å². The van der Waals surface area contributed by atoms with Crippen molar-refractivity contribution < 1.29 is 27.4 Å². The first-order valence-electron chi connectivity index (χ1n) is 6.95. The number of halogens is 3. The maximum Gasteiger partial charge on any atom is 0.432 e. The molecular weight excluding hydrogens is 309 g/mol. The standard InChI is InChI=1S/C17H19F3O3/c1-4-6-12-14(5-2)23-15(21)16(22-3,17(18,19)20)13-10-8-7-9-11-13/h4-11,14H,2,12H2,1,3H3/b6-4-/t14-,16+/m0/s1. The second-order valence-electron chi connectivity index (χ2n) is 4.73. The van der Waals surface area contributed by atoms with Crippen LogP contribution in [-0.2, 0) is 19.9 Å². The van der Waals surface area contributed by atoms with E-state index in [9.17, 15) is 18.0 Å². The van der Waals surface area contributed by atoms with Gasteiger partial charge in [0, 0.05) is 19.1 Å². The van der Waals surface area contributed by atoms with Crippen molar-refractivity contribution >= 4 is 5.97 Å². The van der Waals surface area contributed by atoms with E-state index in [2.05, 4.69) is 11.3 Å². The third-order valence-electron chi connectivity index (χ3n) is 3.30. The van der Waals surface area contributed by atoms with Crippen molar-refractivity contribution in [2.75, 3.05) is 7.11 Å². The van der Waals surface area contributed by atoms with Crippen LogP contribution in [0.25, 0.3) is 0 Å². The Balaban J connectivity index is 3.25. The minimum atomic E-state index is -4.98. The fourth-order valence-corrected chi connectivity index (χ4v) is 2.07. The normalized spacial score (nSPS) is 15.9. The molecule has 0 amide bonds. The lowest BCUT2D eigenvalue weighted by Gasteiger charge is -2.33. The molecule has 0 aliphatic rings. The number of hydrogen-bond acceptors (Lipinski definition) is 3. The third kappa shape index (κ3) is 4.01. The molecule has 0 radical (unpaired) electrons. The van der Waals surface area contributed by atoms with Gasteiger partial charge >= 0.3 is 12.1 Å². The molecule has 2 atom stereocenters. The second-order valence-corrected chi connectivity index (χ2v) is 4.73. The lowest BCUT2D eigenvalue weighted by molar-refractivity contribution is -0.277. The Morgan fingerprint density at radius 3 is 2.35 bits per heavy atom. The molecule has 1 rings (SSSR count). The van der Waals surface area contributed by atoms with Gasteiger partial charge in [-0.2, -0.15) is 13.2 Å². The minimum absolute atomic E-state index is 0.234. The molecule has 0 aromatic heterocycles. The number of carbonyl (C=O) groups is 1. The average Bonchev–Trinajstić information content (AvgIpc) is 2.52. The van der Waals surface area contributed by atoms with Crippen LogP contribution in [0.3, 0.4) is 0 Å². The summed E-state index contributed by atoms with van der Waals surface area (Å²) < 4.78 is 50.6. The van der Waals surface area contributed by atoms with Gasteiger partial charge in [0.2, 0.25) is 0 Å². The van der Waals surface area contributed by atoms with E-state index in [1.54, 1.807) is 25.1 Å². The minimum Gasteiger partial charge on any atom is -0.455 e. The summed E-state index contributed by atoms with van der Waals surface area (Å²) in [5.41, 5.74) is -3.51. The summed E-state index contributed by atoms with van der Waals surface area (Å²) in [6.07, 6.45) is -0.969. The van der Waals surface area contributed by atoms with Crippen LogP contribution in [0, 0.1) is 0 Å². The summed E-state index contributed by atoms with van der Waals surface area (Å²) in [6.45, 7) is 5.23. The smallest absolute Gasteiger partial charge is 0.432 e. The number of ether oxygens (including phenoxy) is 2. The Bertz CT molecular complexity index is 552. The Morgan fingerprint density at radius 2 is 1.91 bits per heavy atom. The van der Waals surface area contributed by atoms with Crippen molar-refractivity contribution in [2.45, 2.75) is 31.2 Å². The van der Waals surface area contributed by atoms with Gasteiger partial charge in [0.1, 0.15) is 6.10 Å². The molecule has 0 unspecified atom stereocenters. The highest BCUT2D eigenvalue weighted by atomic mass is 19.4.